The lowest BCUT2D eigenvalue weighted by Crippen LogP contribution is -2.39. The number of amides is 1. The molecule has 1 atom stereocenters. The van der Waals surface area contributed by atoms with E-state index in [0.29, 0.717) is 5.25 Å². The first-order chi connectivity index (χ1) is 11.1. The molecular weight excluding hydrogens is 304 g/mol. The zero-order valence-corrected chi connectivity index (χ0v) is 14.4. The fourth-order valence-corrected chi connectivity index (χ4v) is 4.05. The summed E-state index contributed by atoms with van der Waals surface area (Å²) in [4.78, 5) is 16.9. The van der Waals surface area contributed by atoms with Crippen LogP contribution in [0.2, 0.25) is 0 Å². The van der Waals surface area contributed by atoms with Gasteiger partial charge in [-0.3, -0.25) is 4.79 Å². The number of carbonyl (C=O) groups is 1. The molecule has 0 spiro atoms. The third kappa shape index (κ3) is 3.70. The van der Waals surface area contributed by atoms with Crippen LogP contribution >= 0.6 is 11.8 Å². The van der Waals surface area contributed by atoms with Crippen LogP contribution in [0.5, 0.6) is 0 Å². The zero-order chi connectivity index (χ0) is 16.2. The van der Waals surface area contributed by atoms with Crippen LogP contribution in [0.15, 0.2) is 54.6 Å². The fraction of sp³-hybridized carbons (Fsp3) is 0.316. The Morgan fingerprint density at radius 1 is 1.13 bits per heavy atom. The van der Waals surface area contributed by atoms with Gasteiger partial charge in [0.2, 0.25) is 0 Å². The van der Waals surface area contributed by atoms with Crippen molar-refractivity contribution in [3.05, 3.63) is 65.7 Å². The Hall–Kier alpha value is -1.94. The molecule has 1 unspecified atom stereocenters. The first-order valence-electron chi connectivity index (χ1n) is 7.88. The van der Waals surface area contributed by atoms with Gasteiger partial charge >= 0.3 is 0 Å². The van der Waals surface area contributed by atoms with E-state index in [4.69, 9.17) is 0 Å². The monoisotopic (exact) mass is 326 g/mol. The van der Waals surface area contributed by atoms with Gasteiger partial charge in [-0.1, -0.05) is 36.4 Å². The molecule has 1 amide bonds. The second kappa shape index (κ2) is 7.09. The Morgan fingerprint density at radius 2 is 1.91 bits per heavy atom. The molecule has 1 heterocycles. The van der Waals surface area contributed by atoms with Gasteiger partial charge in [-0.05, 0) is 23.8 Å². The first kappa shape index (κ1) is 15.9. The van der Waals surface area contributed by atoms with Crippen molar-refractivity contribution in [2.24, 2.45) is 0 Å². The summed E-state index contributed by atoms with van der Waals surface area (Å²) in [5.74, 6) is 1.12. The van der Waals surface area contributed by atoms with Gasteiger partial charge in [-0.25, -0.2) is 0 Å². The Bertz CT molecular complexity index is 672. The van der Waals surface area contributed by atoms with E-state index in [-0.39, 0.29) is 5.91 Å². The number of carbonyl (C=O) groups excluding carboxylic acids is 1. The molecule has 0 aromatic heterocycles. The number of nitrogens with zero attached hydrogens (tertiary/aromatic N) is 2. The highest BCUT2D eigenvalue weighted by Gasteiger charge is 2.26. The van der Waals surface area contributed by atoms with Crippen molar-refractivity contribution < 1.29 is 4.79 Å². The molecule has 1 aliphatic heterocycles. The summed E-state index contributed by atoms with van der Waals surface area (Å²) < 4.78 is 0. The van der Waals surface area contributed by atoms with E-state index in [1.807, 2.05) is 66.0 Å². The Balaban J connectivity index is 1.76. The lowest BCUT2D eigenvalue weighted by atomic mass is 10.1. The molecule has 3 rings (SSSR count). The van der Waals surface area contributed by atoms with Crippen molar-refractivity contribution in [2.75, 3.05) is 37.8 Å². The molecular formula is C19H22N2OS. The van der Waals surface area contributed by atoms with Crippen molar-refractivity contribution in [1.82, 2.24) is 4.90 Å². The summed E-state index contributed by atoms with van der Waals surface area (Å²) in [5.41, 5.74) is 3.13. The molecule has 0 saturated carbocycles. The predicted molar refractivity (Wildman–Crippen MR) is 98.3 cm³/mol. The minimum atomic E-state index is 0.134. The van der Waals surface area contributed by atoms with Crippen molar-refractivity contribution >= 4 is 23.4 Å². The van der Waals surface area contributed by atoms with Gasteiger partial charge < -0.3 is 9.80 Å². The Labute approximate surface area is 142 Å². The second-order valence-electron chi connectivity index (χ2n) is 5.97. The van der Waals surface area contributed by atoms with Gasteiger partial charge in [-0.15, -0.1) is 0 Å². The van der Waals surface area contributed by atoms with Crippen molar-refractivity contribution in [2.45, 2.75) is 5.25 Å². The lowest BCUT2D eigenvalue weighted by molar-refractivity contribution is 0.0761. The van der Waals surface area contributed by atoms with Gasteiger partial charge in [0.05, 0.1) is 0 Å². The van der Waals surface area contributed by atoms with Crippen LogP contribution in [0.25, 0.3) is 0 Å². The highest BCUT2D eigenvalue weighted by atomic mass is 32.2. The standard InChI is InChI=1S/C19H22N2OS/c1-20(2)17-10-6-9-16(13-17)19(22)21-11-12-23-18(14-21)15-7-4-3-5-8-15/h3-10,13,18H,11-12,14H2,1-2H3. The van der Waals surface area contributed by atoms with E-state index in [0.717, 1.165) is 30.1 Å². The lowest BCUT2D eigenvalue weighted by Gasteiger charge is -2.33. The average molecular weight is 326 g/mol. The van der Waals surface area contributed by atoms with Crippen LogP contribution in [0, 0.1) is 0 Å². The summed E-state index contributed by atoms with van der Waals surface area (Å²) in [6.07, 6.45) is 0. The Kier molecular flexibility index (Phi) is 4.91. The van der Waals surface area contributed by atoms with Crippen LogP contribution in [-0.4, -0.2) is 43.7 Å². The molecule has 120 valence electrons. The fourth-order valence-electron chi connectivity index (χ4n) is 2.80. The summed E-state index contributed by atoms with van der Waals surface area (Å²) >= 11 is 1.94. The van der Waals surface area contributed by atoms with E-state index < -0.39 is 0 Å². The van der Waals surface area contributed by atoms with Gasteiger partial charge in [0, 0.05) is 49.4 Å². The summed E-state index contributed by atoms with van der Waals surface area (Å²) in [5, 5.41) is 0.367. The summed E-state index contributed by atoms with van der Waals surface area (Å²) in [6.45, 7) is 1.60. The molecule has 1 fully saturated rings. The molecule has 1 saturated heterocycles. The number of hydrogen-bond acceptors (Lipinski definition) is 3. The van der Waals surface area contributed by atoms with Crippen LogP contribution in [-0.2, 0) is 0 Å². The highest BCUT2D eigenvalue weighted by Crippen LogP contribution is 2.33. The van der Waals surface area contributed by atoms with Crippen molar-refractivity contribution in [1.29, 1.82) is 0 Å². The summed E-state index contributed by atoms with van der Waals surface area (Å²) in [7, 11) is 3.99. The maximum Gasteiger partial charge on any atom is 0.254 e. The van der Waals surface area contributed by atoms with E-state index >= 15 is 0 Å². The average Bonchev–Trinajstić information content (AvgIpc) is 2.62. The molecule has 4 heteroatoms. The SMILES string of the molecule is CN(C)c1cccc(C(=O)N2CCSC(c3ccccc3)C2)c1. The van der Waals surface area contributed by atoms with E-state index in [2.05, 4.69) is 24.3 Å². The minimum Gasteiger partial charge on any atom is -0.378 e. The molecule has 23 heavy (non-hydrogen) atoms. The molecule has 2 aromatic carbocycles. The van der Waals surface area contributed by atoms with Crippen LogP contribution in [0.3, 0.4) is 0 Å². The largest absolute Gasteiger partial charge is 0.378 e. The topological polar surface area (TPSA) is 23.6 Å². The normalized spacial score (nSPS) is 17.8. The second-order valence-corrected chi connectivity index (χ2v) is 7.28. The van der Waals surface area contributed by atoms with E-state index in [1.165, 1.54) is 5.56 Å². The van der Waals surface area contributed by atoms with Gasteiger partial charge in [0.1, 0.15) is 0 Å². The van der Waals surface area contributed by atoms with E-state index in [1.54, 1.807) is 0 Å². The number of benzene rings is 2. The van der Waals surface area contributed by atoms with Crippen LogP contribution in [0.4, 0.5) is 5.69 Å². The quantitative estimate of drug-likeness (QED) is 0.859. The molecule has 1 aliphatic rings. The molecule has 3 nitrogen and oxygen atoms in total. The molecule has 0 bridgehead atoms. The smallest absolute Gasteiger partial charge is 0.254 e. The van der Waals surface area contributed by atoms with Gasteiger partial charge in [0.25, 0.3) is 5.91 Å². The maximum absolute atomic E-state index is 12.8. The van der Waals surface area contributed by atoms with Crippen LogP contribution in [0.1, 0.15) is 21.2 Å². The maximum atomic E-state index is 12.8. The number of anilines is 1. The number of thioether (sulfide) groups is 1. The highest BCUT2D eigenvalue weighted by molar-refractivity contribution is 7.99. The minimum absolute atomic E-state index is 0.134. The zero-order valence-electron chi connectivity index (χ0n) is 13.6. The molecule has 0 radical (unpaired) electrons. The number of hydrogen-bond donors (Lipinski definition) is 0. The Morgan fingerprint density at radius 3 is 2.65 bits per heavy atom. The van der Waals surface area contributed by atoms with Gasteiger partial charge in [-0.2, -0.15) is 11.8 Å². The predicted octanol–water partition coefficient (Wildman–Crippen LogP) is 3.68. The molecule has 0 aliphatic carbocycles. The third-order valence-electron chi connectivity index (χ3n) is 4.13. The van der Waals surface area contributed by atoms with Crippen molar-refractivity contribution in [3.63, 3.8) is 0 Å². The van der Waals surface area contributed by atoms with E-state index in [9.17, 15) is 4.79 Å². The van der Waals surface area contributed by atoms with Crippen LogP contribution < -0.4 is 4.90 Å². The third-order valence-corrected chi connectivity index (χ3v) is 5.38. The first-order valence-corrected chi connectivity index (χ1v) is 8.93. The summed E-state index contributed by atoms with van der Waals surface area (Å²) in [6, 6.07) is 18.3. The molecule has 2 aromatic rings. The number of rotatable bonds is 3. The van der Waals surface area contributed by atoms with Crippen molar-refractivity contribution in [3.8, 4) is 0 Å². The molecule has 0 N–H and O–H groups in total. The van der Waals surface area contributed by atoms with Gasteiger partial charge in [0.15, 0.2) is 0 Å².